The Morgan fingerprint density at radius 3 is 2.60 bits per heavy atom. The summed E-state index contributed by atoms with van der Waals surface area (Å²) in [5.74, 6) is -2.33. The summed E-state index contributed by atoms with van der Waals surface area (Å²) in [6.45, 7) is 5.42. The van der Waals surface area contributed by atoms with Crippen LogP contribution in [0.25, 0.3) is 11.3 Å². The Morgan fingerprint density at radius 2 is 1.88 bits per heavy atom. The number of esters is 1. The summed E-state index contributed by atoms with van der Waals surface area (Å²) in [4.78, 5) is 46.9. The molecule has 52 heavy (non-hydrogen) atoms. The van der Waals surface area contributed by atoms with Crippen molar-refractivity contribution < 1.29 is 37.2 Å². The number of nitrogens with two attached hydrogens (primary N) is 1. The molecule has 3 heterocycles. The van der Waals surface area contributed by atoms with Gasteiger partial charge in [-0.15, -0.1) is 16.0 Å². The van der Waals surface area contributed by atoms with Gasteiger partial charge in [-0.3, -0.25) is 14.5 Å². The number of pyridine rings is 1. The Bertz CT molecular complexity index is 2060. The molecule has 3 atom stereocenters. The number of hydrogen-bond donors (Lipinski definition) is 2. The number of anilines is 1. The van der Waals surface area contributed by atoms with E-state index >= 15 is 4.39 Å². The molecule has 0 aliphatic rings. The van der Waals surface area contributed by atoms with E-state index in [1.54, 1.807) is 65.9 Å². The van der Waals surface area contributed by atoms with E-state index < -0.39 is 47.2 Å². The highest BCUT2D eigenvalue weighted by Crippen LogP contribution is 2.43. The minimum Gasteiger partial charge on any atom is -0.460 e. The molecule has 0 spiro atoms. The molecule has 272 valence electrons. The summed E-state index contributed by atoms with van der Waals surface area (Å²) in [6.07, 6.45) is 3.03. The van der Waals surface area contributed by atoms with Crippen LogP contribution in [0.15, 0.2) is 78.8 Å². The smallest absolute Gasteiger partial charge is 0.418 e. The predicted molar refractivity (Wildman–Crippen MR) is 188 cm³/mol. The molecule has 0 aliphatic carbocycles. The highest BCUT2D eigenvalue weighted by Gasteiger charge is 2.41. The van der Waals surface area contributed by atoms with Gasteiger partial charge in [0.2, 0.25) is 18.5 Å². The number of amides is 2. The average Bonchev–Trinajstić information content (AvgIpc) is 3.82. The molecule has 2 amide bonds. The Hall–Kier alpha value is -5.61. The second kappa shape index (κ2) is 16.2. The lowest BCUT2D eigenvalue weighted by Gasteiger charge is -2.33. The number of nitrogens with one attached hydrogen (secondary N) is 1. The summed E-state index contributed by atoms with van der Waals surface area (Å²) >= 11 is 1.38. The van der Waals surface area contributed by atoms with Crippen molar-refractivity contribution in [3.05, 3.63) is 112 Å². The van der Waals surface area contributed by atoms with E-state index in [-0.39, 0.29) is 31.1 Å². The number of aromatic nitrogens is 5. The number of thiazole rings is 1. The van der Waals surface area contributed by atoms with Crippen molar-refractivity contribution in [2.45, 2.75) is 51.5 Å². The summed E-state index contributed by atoms with van der Waals surface area (Å²) in [7, 11) is 3.12. The summed E-state index contributed by atoms with van der Waals surface area (Å²) in [5.41, 5.74) is 6.77. The van der Waals surface area contributed by atoms with Crippen LogP contribution in [-0.2, 0) is 32.8 Å². The largest absolute Gasteiger partial charge is 0.460 e. The van der Waals surface area contributed by atoms with E-state index in [4.69, 9.17) is 20.2 Å². The lowest BCUT2D eigenvalue weighted by Crippen LogP contribution is -2.42. The molecule has 1 unspecified atom stereocenters. The van der Waals surface area contributed by atoms with Crippen molar-refractivity contribution in [3.8, 4) is 11.3 Å². The zero-order valence-corrected chi connectivity index (χ0v) is 30.1. The Kier molecular flexibility index (Phi) is 11.7. The maximum atomic E-state index is 15.5. The molecule has 3 aromatic heterocycles. The van der Waals surface area contributed by atoms with Crippen LogP contribution in [0.5, 0.6) is 0 Å². The van der Waals surface area contributed by atoms with Crippen LogP contribution in [0, 0.1) is 11.6 Å². The fourth-order valence-corrected chi connectivity index (χ4v) is 6.64. The lowest BCUT2D eigenvalue weighted by molar-refractivity contribution is -0.753. The maximum absolute atomic E-state index is 15.5. The van der Waals surface area contributed by atoms with Gasteiger partial charge in [-0.1, -0.05) is 32.0 Å². The van der Waals surface area contributed by atoms with Crippen LogP contribution < -0.4 is 20.5 Å². The molecule has 13 nitrogen and oxygen atoms in total. The average molecular weight is 734 g/mol. The summed E-state index contributed by atoms with van der Waals surface area (Å²) < 4.78 is 44.2. The van der Waals surface area contributed by atoms with E-state index in [9.17, 15) is 18.8 Å². The van der Waals surface area contributed by atoms with Crippen molar-refractivity contribution in [2.75, 3.05) is 25.5 Å². The normalized spacial score (nSPS) is 13.5. The van der Waals surface area contributed by atoms with E-state index in [0.29, 0.717) is 21.8 Å². The Balaban J connectivity index is 1.35. The van der Waals surface area contributed by atoms with E-state index in [1.165, 1.54) is 41.9 Å². The van der Waals surface area contributed by atoms with Crippen LogP contribution in [0.3, 0.4) is 0 Å². The first-order chi connectivity index (χ1) is 24.8. The van der Waals surface area contributed by atoms with Crippen molar-refractivity contribution in [3.63, 3.8) is 0 Å². The molecule has 0 saturated heterocycles. The Labute approximate surface area is 303 Å². The van der Waals surface area contributed by atoms with Gasteiger partial charge in [0.15, 0.2) is 0 Å². The first-order valence-corrected chi connectivity index (χ1v) is 17.1. The van der Waals surface area contributed by atoms with Crippen LogP contribution >= 0.6 is 11.3 Å². The number of carbonyl (C=O) groups excluding carboxylic acids is 3. The van der Waals surface area contributed by atoms with Gasteiger partial charge in [0, 0.05) is 64.2 Å². The third-order valence-corrected chi connectivity index (χ3v) is 9.83. The monoisotopic (exact) mass is 733 g/mol. The molecule has 0 saturated carbocycles. The second-order valence-corrected chi connectivity index (χ2v) is 13.3. The molecule has 5 aromatic rings. The number of ether oxygens (including phenoxy) is 2. The van der Waals surface area contributed by atoms with E-state index in [0.717, 1.165) is 17.7 Å². The minimum absolute atomic E-state index is 0.0344. The van der Waals surface area contributed by atoms with Crippen molar-refractivity contribution in [1.82, 2.24) is 25.1 Å². The van der Waals surface area contributed by atoms with Crippen LogP contribution in [0.2, 0.25) is 0 Å². The van der Waals surface area contributed by atoms with Gasteiger partial charge in [0.25, 0.3) is 6.33 Å². The topological polar surface area (TPSA) is 158 Å². The number of halogens is 2. The molecule has 3 N–H and O–H groups in total. The standard InChI is InChI=1S/C36H38F2N8O5S/c1-22(34-43-30(18-52-34)24-8-10-25(11-9-24)32(39)48)36(3,28-15-27(37)12-13-29(28)38)19-46-21-45(20-42-46)23(2)51-35(49)44(5)33-26(7-6-14-41-33)17-50-31(47)16-40-4/h6-15,18,20-23,40H,16-17,19H2,1-5H3,(H-,39,48)/p+1/t22-,23?,36-/m0/s1. The third-order valence-electron chi connectivity index (χ3n) is 8.81. The number of likely N-dealkylation sites (N-methyl/N-ethyl adjacent to an activating group) is 1. The zero-order valence-electron chi connectivity index (χ0n) is 29.2. The summed E-state index contributed by atoms with van der Waals surface area (Å²) in [6, 6.07) is 13.5. The summed E-state index contributed by atoms with van der Waals surface area (Å²) in [5, 5.41) is 9.73. The highest BCUT2D eigenvalue weighted by molar-refractivity contribution is 7.10. The van der Waals surface area contributed by atoms with Gasteiger partial charge in [0.05, 0.1) is 17.2 Å². The van der Waals surface area contributed by atoms with Crippen LogP contribution in [-0.4, -0.2) is 58.4 Å². The van der Waals surface area contributed by atoms with Crippen LogP contribution in [0.4, 0.5) is 19.4 Å². The molecule has 0 radical (unpaired) electrons. The van der Waals surface area contributed by atoms with E-state index in [2.05, 4.69) is 15.4 Å². The number of primary amides is 1. The quantitative estimate of drug-likeness (QED) is 0.120. The van der Waals surface area contributed by atoms with Gasteiger partial charge in [-0.25, -0.2) is 23.5 Å². The van der Waals surface area contributed by atoms with Gasteiger partial charge in [0.1, 0.15) is 30.6 Å². The van der Waals surface area contributed by atoms with Gasteiger partial charge in [-0.05, 0) is 43.4 Å². The van der Waals surface area contributed by atoms with Crippen molar-refractivity contribution >= 4 is 35.1 Å². The first-order valence-electron chi connectivity index (χ1n) is 16.2. The minimum atomic E-state index is -1.06. The first kappa shape index (κ1) is 37.6. The SMILES string of the molecule is CNCC(=O)OCc1cccnc1N(C)C(=O)OC(C)[n+]1cnn(C[C@](C)(c2cc(F)ccc2F)[C@@H](C)c2nc(-c3ccc(C(N)=O)cc3)cs2)c1. The molecule has 16 heteroatoms. The molecule has 0 fully saturated rings. The molecule has 0 aliphatic heterocycles. The van der Waals surface area contributed by atoms with Gasteiger partial charge < -0.3 is 20.5 Å². The van der Waals surface area contributed by atoms with Gasteiger partial charge >= 0.3 is 12.1 Å². The second-order valence-electron chi connectivity index (χ2n) is 12.4. The van der Waals surface area contributed by atoms with Crippen LogP contribution in [0.1, 0.15) is 59.4 Å². The fourth-order valence-electron chi connectivity index (χ4n) is 5.60. The van der Waals surface area contributed by atoms with Gasteiger partial charge in [-0.2, -0.15) is 4.57 Å². The fraction of sp³-hybridized carbons (Fsp3) is 0.306. The molecule has 2 aromatic carbocycles. The Morgan fingerprint density at radius 1 is 1.13 bits per heavy atom. The molecule has 5 rings (SSSR count). The number of nitrogens with zero attached hydrogens (tertiary/aromatic N) is 6. The highest BCUT2D eigenvalue weighted by atomic mass is 32.1. The maximum Gasteiger partial charge on any atom is 0.418 e. The molecular formula is C36H39F2N8O5S+. The third kappa shape index (κ3) is 8.46. The number of rotatable bonds is 14. The number of benzene rings is 2. The lowest BCUT2D eigenvalue weighted by atomic mass is 9.72. The van der Waals surface area contributed by atoms with E-state index in [1.807, 2.05) is 19.2 Å². The zero-order chi connectivity index (χ0) is 37.6. The molecule has 0 bridgehead atoms. The molecular weight excluding hydrogens is 695 g/mol. The van der Waals surface area contributed by atoms with Crippen molar-refractivity contribution in [2.24, 2.45) is 5.73 Å². The predicted octanol–water partition coefficient (Wildman–Crippen LogP) is 4.88. The number of carbonyl (C=O) groups is 3. The van der Waals surface area contributed by atoms with Crippen molar-refractivity contribution in [1.29, 1.82) is 0 Å². The number of hydrogen-bond acceptors (Lipinski definition) is 10.